The van der Waals surface area contributed by atoms with Crippen molar-refractivity contribution >= 4 is 6.29 Å². The van der Waals surface area contributed by atoms with Crippen LogP contribution in [0.25, 0.3) is 0 Å². The average Bonchev–Trinajstić information content (AvgIpc) is 2.24. The molecule has 0 aliphatic carbocycles. The van der Waals surface area contributed by atoms with Gasteiger partial charge in [0, 0.05) is 0 Å². The van der Waals surface area contributed by atoms with Crippen LogP contribution in [0.1, 0.15) is 20.8 Å². The summed E-state index contributed by atoms with van der Waals surface area (Å²) in [5.41, 5.74) is 0. The Morgan fingerprint density at radius 2 is 1.15 bits per heavy atom. The molecule has 0 heterocycles. The predicted molar refractivity (Wildman–Crippen MR) is 55.5 cm³/mol. The van der Waals surface area contributed by atoms with Crippen LogP contribution in [0.2, 0.25) is 0 Å². The fraction of sp³-hybridized carbons (Fsp3) is 0.364. The molecule has 0 saturated carbocycles. The second-order valence-corrected chi connectivity index (χ2v) is 2.03. The Labute approximate surface area is 80.2 Å². The van der Waals surface area contributed by atoms with E-state index in [0.29, 0.717) is 6.29 Å². The minimum absolute atomic E-state index is 0.472. The molecule has 0 aromatic heterocycles. The summed E-state index contributed by atoms with van der Waals surface area (Å²) in [5.74, 6) is 0. The van der Waals surface area contributed by atoms with Crippen molar-refractivity contribution in [2.45, 2.75) is 26.9 Å². The largest absolute Gasteiger partial charge is 0.386 e. The highest BCUT2D eigenvalue weighted by molar-refractivity contribution is 5.54. The Hall–Kier alpha value is -1.15. The van der Waals surface area contributed by atoms with E-state index < -0.39 is 6.10 Å². The first-order valence-electron chi connectivity index (χ1n) is 4.40. The van der Waals surface area contributed by atoms with E-state index in [2.05, 4.69) is 0 Å². The molecule has 1 atom stereocenters. The summed E-state index contributed by atoms with van der Waals surface area (Å²) in [4.78, 5) is 9.25. The van der Waals surface area contributed by atoms with Gasteiger partial charge < -0.3 is 9.90 Å². The van der Waals surface area contributed by atoms with Gasteiger partial charge in [-0.3, -0.25) is 0 Å². The van der Waals surface area contributed by atoms with Crippen molar-refractivity contribution in [1.82, 2.24) is 0 Å². The highest BCUT2D eigenvalue weighted by atomic mass is 16.3. The van der Waals surface area contributed by atoms with Crippen LogP contribution in [0.5, 0.6) is 0 Å². The van der Waals surface area contributed by atoms with E-state index in [-0.39, 0.29) is 0 Å². The Morgan fingerprint density at radius 1 is 1.00 bits per heavy atom. The summed E-state index contributed by atoms with van der Waals surface area (Å²) in [5, 5.41) is 7.99. The molecule has 1 unspecified atom stereocenters. The summed E-state index contributed by atoms with van der Waals surface area (Å²) in [6, 6.07) is 12.0. The third-order valence-corrected chi connectivity index (χ3v) is 0.864. The van der Waals surface area contributed by atoms with E-state index in [0.717, 1.165) is 0 Å². The van der Waals surface area contributed by atoms with Crippen molar-refractivity contribution < 1.29 is 9.90 Å². The SMILES string of the molecule is CC.CC(O)C=O.c1ccccc1. The zero-order valence-corrected chi connectivity index (χ0v) is 8.47. The van der Waals surface area contributed by atoms with Crippen LogP contribution in [-0.4, -0.2) is 17.5 Å². The first-order valence-corrected chi connectivity index (χ1v) is 4.40. The van der Waals surface area contributed by atoms with Crippen molar-refractivity contribution in [2.75, 3.05) is 0 Å². The van der Waals surface area contributed by atoms with Gasteiger partial charge in [0.05, 0.1) is 0 Å². The van der Waals surface area contributed by atoms with Crippen LogP contribution in [0, 0.1) is 0 Å². The maximum atomic E-state index is 9.25. The van der Waals surface area contributed by atoms with Crippen LogP contribution in [0.3, 0.4) is 0 Å². The molecule has 2 nitrogen and oxygen atoms in total. The molecular weight excluding hydrogens is 164 g/mol. The minimum Gasteiger partial charge on any atom is -0.386 e. The van der Waals surface area contributed by atoms with E-state index in [1.807, 2.05) is 50.2 Å². The number of hydrogen-bond donors (Lipinski definition) is 1. The molecule has 1 aromatic carbocycles. The molecule has 0 spiro atoms. The predicted octanol–water partition coefficient (Wildman–Crippen LogP) is 2.28. The quantitative estimate of drug-likeness (QED) is 0.676. The molecule has 1 rings (SSSR count). The first kappa shape index (κ1) is 14.4. The third kappa shape index (κ3) is 18.1. The highest BCUT2D eigenvalue weighted by Gasteiger charge is 1.81. The van der Waals surface area contributed by atoms with Crippen LogP contribution in [0.4, 0.5) is 0 Å². The van der Waals surface area contributed by atoms with E-state index >= 15 is 0 Å². The average molecular weight is 182 g/mol. The molecule has 0 aliphatic heterocycles. The molecule has 0 saturated heterocycles. The smallest absolute Gasteiger partial charge is 0.148 e. The molecule has 74 valence electrons. The number of hydrogen-bond acceptors (Lipinski definition) is 2. The fourth-order valence-corrected chi connectivity index (χ4v) is 0.385. The van der Waals surface area contributed by atoms with Crippen molar-refractivity contribution in [2.24, 2.45) is 0 Å². The molecule has 1 N–H and O–H groups in total. The Bertz CT molecular complexity index is 144. The van der Waals surface area contributed by atoms with Crippen molar-refractivity contribution in [3.05, 3.63) is 36.4 Å². The van der Waals surface area contributed by atoms with Gasteiger partial charge in [-0.1, -0.05) is 50.2 Å². The normalized spacial score (nSPS) is 9.54. The maximum Gasteiger partial charge on any atom is 0.148 e. The lowest BCUT2D eigenvalue weighted by molar-refractivity contribution is -0.114. The van der Waals surface area contributed by atoms with Crippen molar-refractivity contribution in [3.63, 3.8) is 0 Å². The maximum absolute atomic E-state index is 9.25. The van der Waals surface area contributed by atoms with E-state index in [1.165, 1.54) is 6.92 Å². The Balaban J connectivity index is 0. The Morgan fingerprint density at radius 3 is 1.23 bits per heavy atom. The highest BCUT2D eigenvalue weighted by Crippen LogP contribution is 1.79. The molecule has 0 aliphatic rings. The zero-order valence-electron chi connectivity index (χ0n) is 8.47. The number of aliphatic hydroxyl groups excluding tert-OH is 1. The number of rotatable bonds is 1. The standard InChI is InChI=1S/C6H6.C3H6O2.C2H6/c1-2-4-6-5-3-1;1-3(5)2-4;1-2/h1-6H;2-3,5H,1H3;1-2H3. The molecular formula is C11H18O2. The number of carbonyl (C=O) groups excluding carboxylic acids is 1. The lowest BCUT2D eigenvalue weighted by Crippen LogP contribution is -1.97. The van der Waals surface area contributed by atoms with Gasteiger partial charge in [0.2, 0.25) is 0 Å². The van der Waals surface area contributed by atoms with Gasteiger partial charge in [-0.15, -0.1) is 0 Å². The second kappa shape index (κ2) is 13.4. The van der Waals surface area contributed by atoms with Gasteiger partial charge in [0.15, 0.2) is 0 Å². The molecule has 0 radical (unpaired) electrons. The van der Waals surface area contributed by atoms with Gasteiger partial charge in [-0.2, -0.15) is 0 Å². The lowest BCUT2D eigenvalue weighted by atomic mass is 10.4. The van der Waals surface area contributed by atoms with Gasteiger partial charge in [-0.05, 0) is 6.92 Å². The summed E-state index contributed by atoms with van der Waals surface area (Å²) < 4.78 is 0. The second-order valence-electron chi connectivity index (χ2n) is 2.03. The van der Waals surface area contributed by atoms with Crippen LogP contribution >= 0.6 is 0 Å². The number of carbonyl (C=O) groups is 1. The number of aldehydes is 1. The summed E-state index contributed by atoms with van der Waals surface area (Å²) >= 11 is 0. The number of benzene rings is 1. The molecule has 0 amide bonds. The van der Waals surface area contributed by atoms with Gasteiger partial charge in [-0.25, -0.2) is 0 Å². The summed E-state index contributed by atoms with van der Waals surface area (Å²) in [7, 11) is 0. The lowest BCUT2D eigenvalue weighted by Gasteiger charge is -1.79. The molecule has 1 aromatic rings. The van der Waals surface area contributed by atoms with Crippen LogP contribution < -0.4 is 0 Å². The third-order valence-electron chi connectivity index (χ3n) is 0.864. The molecule has 13 heavy (non-hydrogen) atoms. The number of aliphatic hydroxyl groups is 1. The topological polar surface area (TPSA) is 37.3 Å². The van der Waals surface area contributed by atoms with Crippen LogP contribution in [0.15, 0.2) is 36.4 Å². The van der Waals surface area contributed by atoms with E-state index in [9.17, 15) is 4.79 Å². The van der Waals surface area contributed by atoms with Crippen LogP contribution in [-0.2, 0) is 4.79 Å². The molecule has 0 fully saturated rings. The Kier molecular flexibility index (Phi) is 14.9. The monoisotopic (exact) mass is 182 g/mol. The van der Waals surface area contributed by atoms with E-state index in [1.54, 1.807) is 0 Å². The zero-order chi connectivity index (χ0) is 10.5. The fourth-order valence-electron chi connectivity index (χ4n) is 0.385. The van der Waals surface area contributed by atoms with Gasteiger partial charge in [0.1, 0.15) is 12.4 Å². The summed E-state index contributed by atoms with van der Waals surface area (Å²) in [6.07, 6.45) is -0.324. The first-order chi connectivity index (χ1) is 6.27. The molecule has 0 bridgehead atoms. The van der Waals surface area contributed by atoms with Gasteiger partial charge >= 0.3 is 0 Å². The van der Waals surface area contributed by atoms with E-state index in [4.69, 9.17) is 5.11 Å². The van der Waals surface area contributed by atoms with Crippen molar-refractivity contribution in [3.8, 4) is 0 Å². The van der Waals surface area contributed by atoms with Crippen molar-refractivity contribution in [1.29, 1.82) is 0 Å². The molecule has 2 heteroatoms. The van der Waals surface area contributed by atoms with Gasteiger partial charge in [0.25, 0.3) is 0 Å². The minimum atomic E-state index is -0.796. The summed E-state index contributed by atoms with van der Waals surface area (Å²) in [6.45, 7) is 5.41.